The number of fused-ring (bicyclic) bond motifs is 1. The fourth-order valence-corrected chi connectivity index (χ4v) is 3.12. The molecule has 2 aliphatic rings. The van der Waals surface area contributed by atoms with Gasteiger partial charge in [-0.25, -0.2) is 0 Å². The molecule has 21 heavy (non-hydrogen) atoms. The van der Waals surface area contributed by atoms with E-state index < -0.39 is 6.10 Å². The zero-order valence-electron chi connectivity index (χ0n) is 12.1. The van der Waals surface area contributed by atoms with Gasteiger partial charge in [0.2, 0.25) is 6.10 Å². The molecule has 0 radical (unpaired) electrons. The van der Waals surface area contributed by atoms with E-state index in [1.54, 1.807) is 0 Å². The first-order valence-electron chi connectivity index (χ1n) is 7.59. The maximum Gasteiger partial charge on any atom is 0.264 e. The van der Waals surface area contributed by atoms with Crippen LogP contribution in [0.3, 0.4) is 0 Å². The lowest BCUT2D eigenvalue weighted by atomic mass is 9.86. The number of ether oxygens (including phenoxy) is 2. The number of benzene rings is 1. The van der Waals surface area contributed by atoms with Crippen molar-refractivity contribution in [2.75, 3.05) is 19.7 Å². The molecule has 1 fully saturated rings. The average Bonchev–Trinajstić information content (AvgIpc) is 3.01. The molecule has 0 aromatic heterocycles. The van der Waals surface area contributed by atoms with Gasteiger partial charge in [-0.15, -0.1) is 0 Å². The smallest absolute Gasteiger partial charge is 0.264 e. The summed E-state index contributed by atoms with van der Waals surface area (Å²) >= 11 is 0. The third-order valence-electron chi connectivity index (χ3n) is 4.54. The van der Waals surface area contributed by atoms with Crippen molar-refractivity contribution in [3.63, 3.8) is 0 Å². The van der Waals surface area contributed by atoms with E-state index in [0.717, 1.165) is 12.8 Å². The lowest BCUT2D eigenvalue weighted by molar-refractivity contribution is -0.130. The fourth-order valence-electron chi connectivity index (χ4n) is 3.12. The van der Waals surface area contributed by atoms with Gasteiger partial charge in [-0.05, 0) is 36.9 Å². The molecule has 1 heterocycles. The van der Waals surface area contributed by atoms with Crippen LogP contribution >= 0.6 is 0 Å². The van der Waals surface area contributed by atoms with Crippen LogP contribution in [0.15, 0.2) is 24.3 Å². The molecule has 0 saturated heterocycles. The Morgan fingerprint density at radius 2 is 2.00 bits per heavy atom. The van der Waals surface area contributed by atoms with Gasteiger partial charge in [0.25, 0.3) is 5.91 Å². The lowest BCUT2D eigenvalue weighted by Gasteiger charge is -2.30. The summed E-state index contributed by atoms with van der Waals surface area (Å²) in [6.07, 6.45) is 3.99. The highest BCUT2D eigenvalue weighted by Crippen LogP contribution is 2.36. The summed E-state index contributed by atoms with van der Waals surface area (Å²) in [4.78, 5) is 12.3. The van der Waals surface area contributed by atoms with E-state index >= 15 is 0 Å². The summed E-state index contributed by atoms with van der Waals surface area (Å²) in [5, 5.41) is 2.99. The minimum Gasteiger partial charge on any atom is -0.485 e. The van der Waals surface area contributed by atoms with Gasteiger partial charge in [-0.3, -0.25) is 4.79 Å². The molecule has 5 heteroatoms. The summed E-state index contributed by atoms with van der Waals surface area (Å²) in [6, 6.07) is 7.40. The van der Waals surface area contributed by atoms with Gasteiger partial charge in [0, 0.05) is 6.54 Å². The van der Waals surface area contributed by atoms with Gasteiger partial charge in [-0.2, -0.15) is 0 Å². The monoisotopic (exact) mass is 290 g/mol. The predicted octanol–water partition coefficient (Wildman–Crippen LogP) is 1.46. The Morgan fingerprint density at radius 1 is 1.29 bits per heavy atom. The van der Waals surface area contributed by atoms with Crippen molar-refractivity contribution in [2.24, 2.45) is 11.1 Å². The highest BCUT2D eigenvalue weighted by Gasteiger charge is 2.34. The number of nitrogens with two attached hydrogens (primary N) is 1. The molecule has 0 spiro atoms. The third-order valence-corrected chi connectivity index (χ3v) is 4.54. The van der Waals surface area contributed by atoms with Crippen molar-refractivity contribution >= 4 is 5.91 Å². The van der Waals surface area contributed by atoms with Crippen molar-refractivity contribution in [1.29, 1.82) is 0 Å². The van der Waals surface area contributed by atoms with E-state index in [9.17, 15) is 4.79 Å². The molecule has 1 aliphatic heterocycles. The molecule has 1 aromatic rings. The molecule has 1 amide bonds. The maximum atomic E-state index is 12.3. The standard InChI is InChI=1S/C16H22N2O3/c17-10-16(7-3-4-8-16)11-18-15(19)14-9-20-12-5-1-2-6-13(12)21-14/h1-2,5-6,14H,3-4,7-11,17H2,(H,18,19). The normalized spacial score (nSPS) is 22.8. The largest absolute Gasteiger partial charge is 0.485 e. The van der Waals surface area contributed by atoms with Gasteiger partial charge in [-0.1, -0.05) is 25.0 Å². The van der Waals surface area contributed by atoms with E-state index in [-0.39, 0.29) is 17.9 Å². The van der Waals surface area contributed by atoms with Crippen molar-refractivity contribution < 1.29 is 14.3 Å². The van der Waals surface area contributed by atoms with Crippen molar-refractivity contribution in [1.82, 2.24) is 5.32 Å². The summed E-state index contributed by atoms with van der Waals surface area (Å²) < 4.78 is 11.3. The average molecular weight is 290 g/mol. The van der Waals surface area contributed by atoms with Crippen LogP contribution in [0.2, 0.25) is 0 Å². The number of rotatable bonds is 4. The Hall–Kier alpha value is -1.75. The first kappa shape index (κ1) is 14.2. The number of hydrogen-bond donors (Lipinski definition) is 2. The third kappa shape index (κ3) is 2.97. The van der Waals surface area contributed by atoms with Gasteiger partial charge in [0.15, 0.2) is 11.5 Å². The minimum absolute atomic E-state index is 0.0725. The van der Waals surface area contributed by atoms with Crippen molar-refractivity contribution in [3.05, 3.63) is 24.3 Å². The van der Waals surface area contributed by atoms with E-state index in [0.29, 0.717) is 24.6 Å². The zero-order chi connectivity index (χ0) is 14.7. The summed E-state index contributed by atoms with van der Waals surface area (Å²) in [6.45, 7) is 1.50. The molecule has 5 nitrogen and oxygen atoms in total. The predicted molar refractivity (Wildman–Crippen MR) is 79.3 cm³/mol. The number of carbonyl (C=O) groups is 1. The molecule has 3 N–H and O–H groups in total. The van der Waals surface area contributed by atoms with Gasteiger partial charge in [0.1, 0.15) is 6.61 Å². The molecular weight excluding hydrogens is 268 g/mol. The molecule has 1 aliphatic carbocycles. The van der Waals surface area contributed by atoms with Crippen LogP contribution in [0.5, 0.6) is 11.5 Å². The minimum atomic E-state index is -0.587. The van der Waals surface area contributed by atoms with Gasteiger partial charge >= 0.3 is 0 Å². The van der Waals surface area contributed by atoms with Gasteiger partial charge < -0.3 is 20.5 Å². The molecule has 1 unspecified atom stereocenters. The SMILES string of the molecule is NCC1(CNC(=O)C2COc3ccccc3O2)CCCC1. The molecule has 1 saturated carbocycles. The van der Waals surface area contributed by atoms with Crippen LogP contribution in [0, 0.1) is 5.41 Å². The molecular formula is C16H22N2O3. The Kier molecular flexibility index (Phi) is 4.01. The van der Waals surface area contributed by atoms with Crippen LogP contribution in [0.25, 0.3) is 0 Å². The Labute approximate surface area is 124 Å². The first-order chi connectivity index (χ1) is 10.2. The molecule has 1 aromatic carbocycles. The van der Waals surface area contributed by atoms with Gasteiger partial charge in [0.05, 0.1) is 0 Å². The number of nitrogens with one attached hydrogen (secondary N) is 1. The van der Waals surface area contributed by atoms with Crippen LogP contribution < -0.4 is 20.5 Å². The Balaban J connectivity index is 1.57. The number of hydrogen-bond acceptors (Lipinski definition) is 4. The highest BCUT2D eigenvalue weighted by atomic mass is 16.6. The van der Waals surface area contributed by atoms with E-state index in [1.165, 1.54) is 12.8 Å². The zero-order valence-corrected chi connectivity index (χ0v) is 12.1. The van der Waals surface area contributed by atoms with E-state index in [1.807, 2.05) is 24.3 Å². The summed E-state index contributed by atoms with van der Waals surface area (Å²) in [7, 11) is 0. The summed E-state index contributed by atoms with van der Waals surface area (Å²) in [5.74, 6) is 1.19. The van der Waals surface area contributed by atoms with Crippen LogP contribution in [-0.4, -0.2) is 31.7 Å². The van der Waals surface area contributed by atoms with Crippen molar-refractivity contribution in [2.45, 2.75) is 31.8 Å². The summed E-state index contributed by atoms with van der Waals surface area (Å²) in [5.41, 5.74) is 5.96. The second-order valence-electron chi connectivity index (χ2n) is 5.99. The van der Waals surface area contributed by atoms with Crippen molar-refractivity contribution in [3.8, 4) is 11.5 Å². The number of amides is 1. The Morgan fingerprint density at radius 3 is 2.71 bits per heavy atom. The molecule has 0 bridgehead atoms. The van der Waals surface area contributed by atoms with Crippen LogP contribution in [0.4, 0.5) is 0 Å². The fraction of sp³-hybridized carbons (Fsp3) is 0.562. The first-order valence-corrected chi connectivity index (χ1v) is 7.59. The topological polar surface area (TPSA) is 73.6 Å². The Bertz CT molecular complexity index is 512. The van der Waals surface area contributed by atoms with Crippen LogP contribution in [0.1, 0.15) is 25.7 Å². The second-order valence-corrected chi connectivity index (χ2v) is 5.99. The lowest BCUT2D eigenvalue weighted by Crippen LogP contribution is -2.48. The highest BCUT2D eigenvalue weighted by molar-refractivity contribution is 5.81. The number of para-hydroxylation sites is 2. The molecule has 3 rings (SSSR count). The maximum absolute atomic E-state index is 12.3. The van der Waals surface area contributed by atoms with E-state index in [4.69, 9.17) is 15.2 Å². The molecule has 1 atom stereocenters. The molecule has 114 valence electrons. The quantitative estimate of drug-likeness (QED) is 0.880. The second kappa shape index (κ2) is 5.93. The van der Waals surface area contributed by atoms with Crippen LogP contribution in [-0.2, 0) is 4.79 Å². The number of carbonyl (C=O) groups excluding carboxylic acids is 1. The van der Waals surface area contributed by atoms with E-state index in [2.05, 4.69) is 5.32 Å².